The van der Waals surface area contributed by atoms with Gasteiger partial charge in [0.2, 0.25) is 5.91 Å². The molecule has 1 fully saturated rings. The predicted octanol–water partition coefficient (Wildman–Crippen LogP) is 9.28. The van der Waals surface area contributed by atoms with E-state index >= 15 is 0 Å². The molecule has 0 saturated carbocycles. The molecule has 0 aromatic rings. The summed E-state index contributed by atoms with van der Waals surface area (Å²) in [6.45, 7) is 3.72. The summed E-state index contributed by atoms with van der Waals surface area (Å²) in [5.41, 5.74) is 0. The first-order valence-electron chi connectivity index (χ1n) is 22.7. The maximum atomic E-state index is 12.9. The van der Waals surface area contributed by atoms with E-state index in [1.165, 1.54) is 135 Å². The lowest BCUT2D eigenvalue weighted by atomic mass is 9.99. The third-order valence-corrected chi connectivity index (χ3v) is 10.7. The third-order valence-electron chi connectivity index (χ3n) is 10.7. The fourth-order valence-corrected chi connectivity index (χ4v) is 6.99. The maximum Gasteiger partial charge on any atom is 0.220 e. The second-order valence-electron chi connectivity index (χ2n) is 15.8. The molecule has 0 aliphatic carbocycles. The maximum absolute atomic E-state index is 12.9. The molecule has 1 aliphatic rings. The number of aliphatic hydroxyl groups excluding tert-OH is 5. The van der Waals surface area contributed by atoms with Gasteiger partial charge in [-0.05, 0) is 57.8 Å². The van der Waals surface area contributed by atoms with Gasteiger partial charge in [0.05, 0.1) is 25.4 Å². The number of aliphatic hydroxyl groups is 5. The standard InChI is InChI=1S/C46H85NO8/c1-3-5-7-9-11-13-15-16-17-18-19-20-21-22-23-24-26-28-30-32-34-36-42(50)47-39(38-54-46-45(53)44(52)43(51)41(37-48)55-46)40(49)35-33-31-29-27-25-14-12-10-8-6-4-2/h16-17,25,27,33,35,39-41,43-46,48-49,51-53H,3-15,18-24,26,28-32,34,36-38H2,1-2H3,(H,47,50)/b17-16+,27-25+,35-33+/t39-,40+,41-,43-,44?,45?,46-/m0/s1. The molecule has 0 radical (unpaired) electrons. The molecular weight excluding hydrogens is 695 g/mol. The summed E-state index contributed by atoms with van der Waals surface area (Å²) >= 11 is 0. The number of carbonyl (C=O) groups is 1. The van der Waals surface area contributed by atoms with E-state index in [0.717, 1.165) is 38.5 Å². The molecule has 1 aliphatic heterocycles. The van der Waals surface area contributed by atoms with Gasteiger partial charge in [-0.3, -0.25) is 4.79 Å². The SMILES string of the molecule is CCCCCCC/C=C/CC/C=C/[C@@H](O)[C@H](CO[C@H]1O[C@@H](CO)[C@H](O)C(O)C1O)NC(=O)CCCCCCCCCCCCC/C=C/CCCCCCCC. The van der Waals surface area contributed by atoms with Gasteiger partial charge in [0.15, 0.2) is 6.29 Å². The molecule has 0 spiro atoms. The molecule has 9 nitrogen and oxygen atoms in total. The highest BCUT2D eigenvalue weighted by atomic mass is 16.7. The van der Waals surface area contributed by atoms with E-state index in [2.05, 4.69) is 43.5 Å². The summed E-state index contributed by atoms with van der Waals surface area (Å²) in [5.74, 6) is -0.190. The first-order chi connectivity index (χ1) is 26.8. The number of hydrogen-bond donors (Lipinski definition) is 6. The molecule has 6 N–H and O–H groups in total. The molecule has 1 heterocycles. The molecule has 0 bridgehead atoms. The van der Waals surface area contributed by atoms with Crippen molar-refractivity contribution in [2.24, 2.45) is 0 Å². The van der Waals surface area contributed by atoms with E-state index in [1.54, 1.807) is 6.08 Å². The Morgan fingerprint density at radius 2 is 1.04 bits per heavy atom. The minimum Gasteiger partial charge on any atom is -0.394 e. The second kappa shape index (κ2) is 36.7. The summed E-state index contributed by atoms with van der Waals surface area (Å²) in [7, 11) is 0. The first-order valence-corrected chi connectivity index (χ1v) is 22.7. The summed E-state index contributed by atoms with van der Waals surface area (Å²) in [6, 6.07) is -0.818. The van der Waals surface area contributed by atoms with Crippen LogP contribution in [-0.4, -0.2) is 87.5 Å². The number of amides is 1. The van der Waals surface area contributed by atoms with Crippen LogP contribution in [0.5, 0.6) is 0 Å². The van der Waals surface area contributed by atoms with Crippen LogP contribution < -0.4 is 5.32 Å². The van der Waals surface area contributed by atoms with E-state index in [-0.39, 0.29) is 12.5 Å². The van der Waals surface area contributed by atoms with Crippen molar-refractivity contribution in [2.45, 2.75) is 236 Å². The van der Waals surface area contributed by atoms with E-state index in [0.29, 0.717) is 6.42 Å². The van der Waals surface area contributed by atoms with Crippen LogP contribution in [0.3, 0.4) is 0 Å². The van der Waals surface area contributed by atoms with Crippen LogP contribution in [0.2, 0.25) is 0 Å². The second-order valence-corrected chi connectivity index (χ2v) is 15.8. The quantitative estimate of drug-likeness (QED) is 0.0270. The fraction of sp³-hybridized carbons (Fsp3) is 0.848. The summed E-state index contributed by atoms with van der Waals surface area (Å²) in [5, 5.41) is 54.0. The first kappa shape index (κ1) is 51.4. The van der Waals surface area contributed by atoms with Gasteiger partial charge in [0.25, 0.3) is 0 Å². The fourth-order valence-electron chi connectivity index (χ4n) is 6.99. The molecule has 1 saturated heterocycles. The molecule has 7 atom stereocenters. The highest BCUT2D eigenvalue weighted by Gasteiger charge is 2.44. The minimum atomic E-state index is -1.57. The zero-order valence-electron chi connectivity index (χ0n) is 35.2. The van der Waals surface area contributed by atoms with Crippen LogP contribution in [0, 0.1) is 0 Å². The molecule has 9 heteroatoms. The van der Waals surface area contributed by atoms with Gasteiger partial charge >= 0.3 is 0 Å². The Bertz CT molecular complexity index is 956. The van der Waals surface area contributed by atoms with Crippen molar-refractivity contribution < 1.29 is 39.8 Å². The average molecular weight is 780 g/mol. The Morgan fingerprint density at radius 1 is 0.600 bits per heavy atom. The molecule has 1 amide bonds. The van der Waals surface area contributed by atoms with Crippen molar-refractivity contribution in [3.8, 4) is 0 Å². The van der Waals surface area contributed by atoms with Crippen molar-refractivity contribution in [3.63, 3.8) is 0 Å². The molecule has 322 valence electrons. The van der Waals surface area contributed by atoms with Gasteiger partial charge in [0.1, 0.15) is 24.4 Å². The third kappa shape index (κ3) is 27.6. The lowest BCUT2D eigenvalue weighted by Gasteiger charge is -2.40. The lowest BCUT2D eigenvalue weighted by molar-refractivity contribution is -0.302. The summed E-state index contributed by atoms with van der Waals surface area (Å²) in [4.78, 5) is 12.9. The lowest BCUT2D eigenvalue weighted by Crippen LogP contribution is -2.60. The normalized spacial score (nSPS) is 21.6. The Kier molecular flexibility index (Phi) is 34.3. The minimum absolute atomic E-state index is 0.190. The highest BCUT2D eigenvalue weighted by molar-refractivity contribution is 5.76. The number of unbranched alkanes of at least 4 members (excludes halogenated alkanes) is 23. The molecule has 2 unspecified atom stereocenters. The Labute approximate surface area is 336 Å². The predicted molar refractivity (Wildman–Crippen MR) is 226 cm³/mol. The van der Waals surface area contributed by atoms with E-state index in [1.807, 2.05) is 6.08 Å². The zero-order valence-corrected chi connectivity index (χ0v) is 35.2. The number of carbonyl (C=O) groups excluding carboxylic acids is 1. The monoisotopic (exact) mass is 780 g/mol. The van der Waals surface area contributed by atoms with E-state index < -0.39 is 49.5 Å². The van der Waals surface area contributed by atoms with Crippen molar-refractivity contribution in [2.75, 3.05) is 13.2 Å². The van der Waals surface area contributed by atoms with Crippen molar-refractivity contribution in [1.82, 2.24) is 5.32 Å². The molecule has 0 aromatic carbocycles. The molecule has 0 aromatic heterocycles. The van der Waals surface area contributed by atoms with E-state index in [9.17, 15) is 30.3 Å². The largest absolute Gasteiger partial charge is 0.394 e. The van der Waals surface area contributed by atoms with Gasteiger partial charge in [-0.1, -0.05) is 166 Å². The number of rotatable bonds is 37. The van der Waals surface area contributed by atoms with Gasteiger partial charge in [-0.25, -0.2) is 0 Å². The molecular formula is C46H85NO8. The zero-order chi connectivity index (χ0) is 40.2. The smallest absolute Gasteiger partial charge is 0.220 e. The topological polar surface area (TPSA) is 149 Å². The van der Waals surface area contributed by atoms with Crippen molar-refractivity contribution in [3.05, 3.63) is 36.5 Å². The Hall–Kier alpha value is -1.59. The van der Waals surface area contributed by atoms with Crippen LogP contribution in [0.1, 0.15) is 194 Å². The van der Waals surface area contributed by atoms with E-state index in [4.69, 9.17) is 9.47 Å². The number of ether oxygens (including phenoxy) is 2. The van der Waals surface area contributed by atoms with Gasteiger partial charge < -0.3 is 40.3 Å². The molecule has 1 rings (SSSR count). The van der Waals surface area contributed by atoms with Crippen LogP contribution in [0.15, 0.2) is 36.5 Å². The highest BCUT2D eigenvalue weighted by Crippen LogP contribution is 2.22. The number of allylic oxidation sites excluding steroid dienone is 5. The van der Waals surface area contributed by atoms with Crippen LogP contribution in [0.25, 0.3) is 0 Å². The van der Waals surface area contributed by atoms with Crippen molar-refractivity contribution >= 4 is 5.91 Å². The molecule has 55 heavy (non-hydrogen) atoms. The number of nitrogens with one attached hydrogen (secondary N) is 1. The van der Waals surface area contributed by atoms with Crippen molar-refractivity contribution in [1.29, 1.82) is 0 Å². The summed E-state index contributed by atoms with van der Waals surface area (Å²) < 4.78 is 11.2. The Balaban J connectivity index is 2.31. The van der Waals surface area contributed by atoms with Gasteiger partial charge in [-0.2, -0.15) is 0 Å². The summed E-state index contributed by atoms with van der Waals surface area (Å²) in [6.07, 6.45) is 37.7. The average Bonchev–Trinajstić information content (AvgIpc) is 3.18. The van der Waals surface area contributed by atoms with Gasteiger partial charge in [-0.15, -0.1) is 0 Å². The van der Waals surface area contributed by atoms with Crippen LogP contribution in [0.4, 0.5) is 0 Å². The Morgan fingerprint density at radius 3 is 1.53 bits per heavy atom. The number of hydrogen-bond acceptors (Lipinski definition) is 8. The van der Waals surface area contributed by atoms with Gasteiger partial charge in [0, 0.05) is 6.42 Å². The van der Waals surface area contributed by atoms with Crippen LogP contribution in [-0.2, 0) is 14.3 Å². The van der Waals surface area contributed by atoms with Crippen LogP contribution >= 0.6 is 0 Å².